The summed E-state index contributed by atoms with van der Waals surface area (Å²) in [6.07, 6.45) is 0. The van der Waals surface area contributed by atoms with E-state index in [0.717, 1.165) is 11.4 Å². The van der Waals surface area contributed by atoms with E-state index in [9.17, 15) is 9.59 Å². The van der Waals surface area contributed by atoms with Crippen LogP contribution in [-0.2, 0) is 0 Å². The summed E-state index contributed by atoms with van der Waals surface area (Å²) in [5.41, 5.74) is 3.80. The van der Waals surface area contributed by atoms with Gasteiger partial charge in [0.25, 0.3) is 5.56 Å². The van der Waals surface area contributed by atoms with Crippen molar-refractivity contribution in [1.82, 2.24) is 15.2 Å². The van der Waals surface area contributed by atoms with Crippen LogP contribution in [0.4, 0.5) is 0 Å². The van der Waals surface area contributed by atoms with E-state index in [4.69, 9.17) is 0 Å². The van der Waals surface area contributed by atoms with Crippen molar-refractivity contribution in [2.75, 3.05) is 0 Å². The van der Waals surface area contributed by atoms with Crippen LogP contribution in [0.3, 0.4) is 0 Å². The molecule has 0 saturated heterocycles. The zero-order valence-corrected chi connectivity index (χ0v) is 14.5. The molecule has 0 amide bonds. The molecule has 25 heavy (non-hydrogen) atoms. The number of hydrogen-bond acceptors (Lipinski definition) is 3. The van der Waals surface area contributed by atoms with Crippen LogP contribution < -0.4 is 5.56 Å². The molecule has 2 heterocycles. The lowest BCUT2D eigenvalue weighted by molar-refractivity contribution is 0.103. The summed E-state index contributed by atoms with van der Waals surface area (Å²) in [5, 5.41) is 6.48. The molecule has 0 aliphatic carbocycles. The van der Waals surface area contributed by atoms with E-state index in [2.05, 4.69) is 29.0 Å². The molecule has 0 saturated carbocycles. The number of hydrogen-bond donors (Lipinski definition) is 2. The molecule has 5 nitrogen and oxygen atoms in total. The minimum absolute atomic E-state index is 0.0387. The predicted molar refractivity (Wildman–Crippen MR) is 97.1 cm³/mol. The van der Waals surface area contributed by atoms with Crippen LogP contribution in [0.2, 0.25) is 0 Å². The zero-order chi connectivity index (χ0) is 18.0. The first-order chi connectivity index (χ1) is 12.0. The highest BCUT2D eigenvalue weighted by molar-refractivity contribution is 6.07. The zero-order valence-electron chi connectivity index (χ0n) is 14.5. The molecule has 2 N–H and O–H groups in total. The fourth-order valence-electron chi connectivity index (χ4n) is 2.73. The van der Waals surface area contributed by atoms with Gasteiger partial charge < -0.3 is 4.98 Å². The molecule has 1 atom stereocenters. The van der Waals surface area contributed by atoms with Crippen molar-refractivity contribution in [3.8, 4) is 0 Å². The van der Waals surface area contributed by atoms with Crippen molar-refractivity contribution in [2.24, 2.45) is 0 Å². The molecule has 0 radical (unpaired) electrons. The Morgan fingerprint density at radius 2 is 1.68 bits per heavy atom. The number of ketones is 1. The molecule has 0 fully saturated rings. The van der Waals surface area contributed by atoms with Crippen molar-refractivity contribution in [2.45, 2.75) is 32.6 Å². The van der Waals surface area contributed by atoms with Crippen molar-refractivity contribution < 1.29 is 4.79 Å². The van der Waals surface area contributed by atoms with Crippen LogP contribution in [0.1, 0.15) is 65.6 Å². The Kier molecular flexibility index (Phi) is 4.65. The molecule has 0 bridgehead atoms. The van der Waals surface area contributed by atoms with Crippen LogP contribution in [0, 0.1) is 0 Å². The minimum Gasteiger partial charge on any atom is -0.355 e. The van der Waals surface area contributed by atoms with Gasteiger partial charge in [-0.3, -0.25) is 9.59 Å². The molecular formula is C20H21N3O2. The number of aromatic amines is 2. The molecule has 3 aromatic rings. The first-order valence-corrected chi connectivity index (χ1v) is 8.35. The van der Waals surface area contributed by atoms with E-state index >= 15 is 0 Å². The fraction of sp³-hybridized carbons (Fsp3) is 0.250. The van der Waals surface area contributed by atoms with Crippen LogP contribution in [0.5, 0.6) is 0 Å². The number of carbonyl (C=O) groups is 1. The van der Waals surface area contributed by atoms with Crippen LogP contribution in [0.15, 0.2) is 53.3 Å². The van der Waals surface area contributed by atoms with E-state index < -0.39 is 0 Å². The maximum Gasteiger partial charge on any atom is 0.264 e. The molecule has 3 rings (SSSR count). The Hall–Kier alpha value is -2.95. The van der Waals surface area contributed by atoms with Crippen molar-refractivity contribution in [3.63, 3.8) is 0 Å². The lowest BCUT2D eigenvalue weighted by Crippen LogP contribution is -2.10. The van der Waals surface area contributed by atoms with Gasteiger partial charge in [-0.05, 0) is 29.7 Å². The predicted octanol–water partition coefficient (Wildman–Crippen LogP) is 3.60. The first-order valence-electron chi connectivity index (χ1n) is 8.35. The maximum atomic E-state index is 12.7. The van der Waals surface area contributed by atoms with Gasteiger partial charge in [0.05, 0.1) is 11.4 Å². The second-order valence-electron chi connectivity index (χ2n) is 6.50. The third kappa shape index (κ3) is 3.60. The SMILES string of the molecule is CC(C)c1ccc(C(=O)c2ccc(C(C)c3ccc(=O)[nH]n3)[nH]2)cc1. The topological polar surface area (TPSA) is 78.6 Å². The van der Waals surface area contributed by atoms with Gasteiger partial charge in [-0.15, -0.1) is 0 Å². The first kappa shape index (κ1) is 16.9. The summed E-state index contributed by atoms with van der Waals surface area (Å²) < 4.78 is 0. The second kappa shape index (κ2) is 6.89. The standard InChI is InChI=1S/C20H21N3O2/c1-12(2)14-4-6-15(7-5-14)20(25)18-9-8-16(21-18)13(3)17-10-11-19(24)23-22-17/h4-13,21H,1-3H3,(H,23,24). The fourth-order valence-corrected chi connectivity index (χ4v) is 2.73. The smallest absolute Gasteiger partial charge is 0.264 e. The van der Waals surface area contributed by atoms with Crippen molar-refractivity contribution in [3.05, 3.63) is 87.1 Å². The molecule has 5 heteroatoms. The molecule has 0 aliphatic heterocycles. The summed E-state index contributed by atoms with van der Waals surface area (Å²) in [4.78, 5) is 27.0. The average Bonchev–Trinajstić information content (AvgIpc) is 3.11. The Labute approximate surface area is 146 Å². The van der Waals surface area contributed by atoms with Gasteiger partial charge in [0.2, 0.25) is 5.78 Å². The van der Waals surface area contributed by atoms with E-state index in [1.54, 1.807) is 12.1 Å². The number of H-pyrrole nitrogens is 2. The highest BCUT2D eigenvalue weighted by Crippen LogP contribution is 2.22. The normalized spacial score (nSPS) is 12.3. The van der Waals surface area contributed by atoms with Crippen LogP contribution in [-0.4, -0.2) is 21.0 Å². The number of benzene rings is 1. The summed E-state index contributed by atoms with van der Waals surface area (Å²) >= 11 is 0. The Bertz CT molecular complexity index is 916. The largest absolute Gasteiger partial charge is 0.355 e. The molecule has 128 valence electrons. The Morgan fingerprint density at radius 1 is 0.960 bits per heavy atom. The van der Waals surface area contributed by atoms with Gasteiger partial charge >= 0.3 is 0 Å². The van der Waals surface area contributed by atoms with Gasteiger partial charge in [0.15, 0.2) is 0 Å². The summed E-state index contributed by atoms with van der Waals surface area (Å²) in [7, 11) is 0. The van der Waals surface area contributed by atoms with Gasteiger partial charge in [0, 0.05) is 23.2 Å². The third-order valence-electron chi connectivity index (χ3n) is 4.40. The quantitative estimate of drug-likeness (QED) is 0.699. The summed E-state index contributed by atoms with van der Waals surface area (Å²) in [6.45, 7) is 6.22. The maximum absolute atomic E-state index is 12.7. The molecule has 0 aliphatic rings. The highest BCUT2D eigenvalue weighted by Gasteiger charge is 2.16. The highest BCUT2D eigenvalue weighted by atomic mass is 16.1. The van der Waals surface area contributed by atoms with Crippen LogP contribution in [0.25, 0.3) is 0 Å². The Morgan fingerprint density at radius 3 is 2.28 bits per heavy atom. The number of rotatable bonds is 5. The lowest BCUT2D eigenvalue weighted by Gasteiger charge is -2.08. The number of carbonyl (C=O) groups excluding carboxylic acids is 1. The number of nitrogens with one attached hydrogen (secondary N) is 2. The van der Waals surface area contributed by atoms with Crippen molar-refractivity contribution >= 4 is 5.78 Å². The summed E-state index contributed by atoms with van der Waals surface area (Å²) in [6, 6.07) is 14.5. The third-order valence-corrected chi connectivity index (χ3v) is 4.40. The molecule has 1 unspecified atom stereocenters. The van der Waals surface area contributed by atoms with E-state index in [1.165, 1.54) is 11.6 Å². The molecule has 2 aromatic heterocycles. The van der Waals surface area contributed by atoms with Crippen molar-refractivity contribution in [1.29, 1.82) is 0 Å². The van der Waals surface area contributed by atoms with Gasteiger partial charge in [-0.1, -0.05) is 45.0 Å². The van der Waals surface area contributed by atoms with Crippen LogP contribution >= 0.6 is 0 Å². The van der Waals surface area contributed by atoms with E-state index in [0.29, 0.717) is 17.2 Å². The number of aromatic nitrogens is 3. The molecular weight excluding hydrogens is 314 g/mol. The Balaban J connectivity index is 1.81. The summed E-state index contributed by atoms with van der Waals surface area (Å²) in [5.74, 6) is 0.344. The molecule has 0 spiro atoms. The second-order valence-corrected chi connectivity index (χ2v) is 6.50. The van der Waals surface area contributed by atoms with Gasteiger partial charge in [-0.2, -0.15) is 5.10 Å². The van der Waals surface area contributed by atoms with E-state index in [-0.39, 0.29) is 17.3 Å². The lowest BCUT2D eigenvalue weighted by atomic mass is 10.00. The monoisotopic (exact) mass is 335 g/mol. The molecule has 1 aromatic carbocycles. The average molecular weight is 335 g/mol. The van der Waals surface area contributed by atoms with Gasteiger partial charge in [-0.25, -0.2) is 5.10 Å². The minimum atomic E-state index is -0.233. The van der Waals surface area contributed by atoms with Gasteiger partial charge in [0.1, 0.15) is 0 Å². The van der Waals surface area contributed by atoms with E-state index in [1.807, 2.05) is 37.3 Å². The number of nitrogens with zero attached hydrogens (tertiary/aromatic N) is 1.